The summed E-state index contributed by atoms with van der Waals surface area (Å²) in [6, 6.07) is 0.563. The lowest BCUT2D eigenvalue weighted by atomic mass is 10.4. The van der Waals surface area contributed by atoms with Gasteiger partial charge in [0.05, 0.1) is 0 Å². The third-order valence-electron chi connectivity index (χ3n) is 0.929. The van der Waals surface area contributed by atoms with Crippen LogP contribution < -0.4 is 5.32 Å². The van der Waals surface area contributed by atoms with Gasteiger partial charge in [-0.2, -0.15) is 0 Å². The van der Waals surface area contributed by atoms with E-state index in [2.05, 4.69) is 24.2 Å². The Kier molecular flexibility index (Phi) is 5.52. The topological polar surface area (TPSA) is 24.4 Å². The molecule has 0 aromatic rings. The van der Waals surface area contributed by atoms with E-state index in [1.165, 1.54) is 0 Å². The summed E-state index contributed by atoms with van der Waals surface area (Å²) in [5.41, 5.74) is 0. The second-order valence-electron chi connectivity index (χ2n) is 2.24. The predicted octanol–water partition coefficient (Wildman–Crippen LogP) is 1.08. The first-order valence-electron chi connectivity index (χ1n) is 3.49. The average Bonchev–Trinajstić information content (AvgIpc) is 1.80. The molecule has 2 heteroatoms. The van der Waals surface area contributed by atoms with Crippen molar-refractivity contribution >= 4 is 6.21 Å². The van der Waals surface area contributed by atoms with E-state index < -0.39 is 0 Å². The summed E-state index contributed by atoms with van der Waals surface area (Å²) in [5.74, 6) is 0. The zero-order chi connectivity index (χ0) is 7.11. The van der Waals surface area contributed by atoms with Crippen LogP contribution in [0.15, 0.2) is 4.99 Å². The normalized spacial score (nSPS) is 11.6. The van der Waals surface area contributed by atoms with Crippen molar-refractivity contribution < 1.29 is 0 Å². The molecule has 0 atom stereocenters. The van der Waals surface area contributed by atoms with E-state index in [1.807, 2.05) is 13.1 Å². The Balaban J connectivity index is 2.99. The highest BCUT2D eigenvalue weighted by molar-refractivity contribution is 5.59. The SMILES string of the molecule is CCN=CCNC(C)C. The standard InChI is InChI=1S/C7H16N2/c1-4-8-5-6-9-7(2)3/h5,7,9H,4,6H2,1-3H3. The highest BCUT2D eigenvalue weighted by Crippen LogP contribution is 1.72. The third-order valence-corrected chi connectivity index (χ3v) is 0.929. The maximum Gasteiger partial charge on any atom is 0.0357 e. The van der Waals surface area contributed by atoms with Crippen LogP contribution in [-0.2, 0) is 0 Å². The van der Waals surface area contributed by atoms with Gasteiger partial charge in [0, 0.05) is 25.3 Å². The molecule has 0 spiro atoms. The summed E-state index contributed by atoms with van der Waals surface area (Å²) in [6.07, 6.45) is 1.92. The predicted molar refractivity (Wildman–Crippen MR) is 42.2 cm³/mol. The molecule has 2 nitrogen and oxygen atoms in total. The first kappa shape index (κ1) is 8.63. The molecule has 0 bridgehead atoms. The van der Waals surface area contributed by atoms with Crippen LogP contribution in [0, 0.1) is 0 Å². The molecule has 0 aliphatic rings. The summed E-state index contributed by atoms with van der Waals surface area (Å²) in [7, 11) is 0. The fraction of sp³-hybridized carbons (Fsp3) is 0.857. The molecule has 54 valence electrons. The molecule has 0 amide bonds. The van der Waals surface area contributed by atoms with Crippen LogP contribution in [0.25, 0.3) is 0 Å². The van der Waals surface area contributed by atoms with Gasteiger partial charge in [0.2, 0.25) is 0 Å². The Morgan fingerprint density at radius 3 is 2.67 bits per heavy atom. The monoisotopic (exact) mass is 128 g/mol. The van der Waals surface area contributed by atoms with E-state index in [9.17, 15) is 0 Å². The minimum atomic E-state index is 0.563. The number of rotatable bonds is 4. The van der Waals surface area contributed by atoms with E-state index in [0.717, 1.165) is 13.1 Å². The van der Waals surface area contributed by atoms with Gasteiger partial charge in [0.1, 0.15) is 0 Å². The van der Waals surface area contributed by atoms with Crippen molar-refractivity contribution in [2.45, 2.75) is 26.8 Å². The lowest BCUT2D eigenvalue weighted by Crippen LogP contribution is -2.24. The van der Waals surface area contributed by atoms with E-state index in [1.54, 1.807) is 0 Å². The number of hydrogen-bond donors (Lipinski definition) is 1. The number of hydrogen-bond acceptors (Lipinski definition) is 2. The number of nitrogens with one attached hydrogen (secondary N) is 1. The minimum absolute atomic E-state index is 0.563. The van der Waals surface area contributed by atoms with Crippen molar-refractivity contribution in [1.29, 1.82) is 0 Å². The summed E-state index contributed by atoms with van der Waals surface area (Å²) < 4.78 is 0. The van der Waals surface area contributed by atoms with Gasteiger partial charge in [0.15, 0.2) is 0 Å². The van der Waals surface area contributed by atoms with Crippen LogP contribution in [0.3, 0.4) is 0 Å². The van der Waals surface area contributed by atoms with Gasteiger partial charge in [-0.05, 0) is 6.92 Å². The smallest absolute Gasteiger partial charge is 0.0357 e. The molecule has 0 aliphatic carbocycles. The van der Waals surface area contributed by atoms with E-state index in [4.69, 9.17) is 0 Å². The van der Waals surface area contributed by atoms with Crippen LogP contribution in [0.2, 0.25) is 0 Å². The molecule has 0 unspecified atom stereocenters. The van der Waals surface area contributed by atoms with Crippen LogP contribution in [-0.4, -0.2) is 25.3 Å². The molecule has 0 aromatic carbocycles. The highest BCUT2D eigenvalue weighted by Gasteiger charge is 1.85. The van der Waals surface area contributed by atoms with Gasteiger partial charge in [-0.1, -0.05) is 13.8 Å². The molecule has 9 heavy (non-hydrogen) atoms. The van der Waals surface area contributed by atoms with Crippen molar-refractivity contribution in [3.63, 3.8) is 0 Å². The summed E-state index contributed by atoms with van der Waals surface area (Å²) in [5, 5.41) is 3.23. The van der Waals surface area contributed by atoms with E-state index >= 15 is 0 Å². The van der Waals surface area contributed by atoms with Gasteiger partial charge < -0.3 is 5.32 Å². The maximum atomic E-state index is 4.06. The van der Waals surface area contributed by atoms with E-state index in [-0.39, 0.29) is 0 Å². The molecule has 0 fully saturated rings. The second-order valence-corrected chi connectivity index (χ2v) is 2.24. The van der Waals surface area contributed by atoms with Crippen molar-refractivity contribution in [1.82, 2.24) is 5.32 Å². The molecule has 0 saturated heterocycles. The lowest BCUT2D eigenvalue weighted by molar-refractivity contribution is 0.645. The Hall–Kier alpha value is -0.370. The summed E-state index contributed by atoms with van der Waals surface area (Å²) in [6.45, 7) is 8.07. The molecular weight excluding hydrogens is 112 g/mol. The first-order valence-corrected chi connectivity index (χ1v) is 3.49. The van der Waals surface area contributed by atoms with Crippen molar-refractivity contribution in [2.75, 3.05) is 13.1 Å². The van der Waals surface area contributed by atoms with Gasteiger partial charge in [-0.15, -0.1) is 0 Å². The van der Waals surface area contributed by atoms with Gasteiger partial charge in [0.25, 0.3) is 0 Å². The summed E-state index contributed by atoms with van der Waals surface area (Å²) in [4.78, 5) is 4.06. The molecule has 0 heterocycles. The molecular formula is C7H16N2. The fourth-order valence-electron chi connectivity index (χ4n) is 0.482. The highest BCUT2D eigenvalue weighted by atomic mass is 14.9. The Bertz CT molecular complexity index is 77.0. The van der Waals surface area contributed by atoms with Crippen LogP contribution in [0.4, 0.5) is 0 Å². The van der Waals surface area contributed by atoms with E-state index in [0.29, 0.717) is 6.04 Å². The van der Waals surface area contributed by atoms with Crippen LogP contribution in [0.5, 0.6) is 0 Å². The second kappa shape index (κ2) is 5.76. The molecule has 0 radical (unpaired) electrons. The third kappa shape index (κ3) is 7.63. The van der Waals surface area contributed by atoms with Crippen molar-refractivity contribution in [2.24, 2.45) is 4.99 Å². The minimum Gasteiger partial charge on any atom is -0.310 e. The van der Waals surface area contributed by atoms with Gasteiger partial charge >= 0.3 is 0 Å². The molecule has 0 saturated carbocycles. The quantitative estimate of drug-likeness (QED) is 0.563. The van der Waals surface area contributed by atoms with Crippen LogP contribution in [0.1, 0.15) is 20.8 Å². The molecule has 0 rings (SSSR count). The van der Waals surface area contributed by atoms with Crippen LogP contribution >= 0.6 is 0 Å². The summed E-state index contributed by atoms with van der Waals surface area (Å²) >= 11 is 0. The average molecular weight is 128 g/mol. The zero-order valence-corrected chi connectivity index (χ0v) is 6.52. The Labute approximate surface area is 57.4 Å². The largest absolute Gasteiger partial charge is 0.310 e. The Morgan fingerprint density at radius 1 is 1.56 bits per heavy atom. The zero-order valence-electron chi connectivity index (χ0n) is 6.52. The number of nitrogens with zero attached hydrogens (tertiary/aromatic N) is 1. The fourth-order valence-corrected chi connectivity index (χ4v) is 0.482. The molecule has 0 aromatic heterocycles. The lowest BCUT2D eigenvalue weighted by Gasteiger charge is -2.02. The maximum absolute atomic E-state index is 4.06. The number of aliphatic imine (C=N–C) groups is 1. The molecule has 0 aliphatic heterocycles. The van der Waals surface area contributed by atoms with Crippen molar-refractivity contribution in [3.8, 4) is 0 Å². The van der Waals surface area contributed by atoms with Gasteiger partial charge in [-0.3, -0.25) is 4.99 Å². The first-order chi connectivity index (χ1) is 4.27. The Morgan fingerprint density at radius 2 is 2.22 bits per heavy atom. The molecule has 1 N–H and O–H groups in total. The van der Waals surface area contributed by atoms with Gasteiger partial charge in [-0.25, -0.2) is 0 Å². The van der Waals surface area contributed by atoms with Crippen molar-refractivity contribution in [3.05, 3.63) is 0 Å².